The van der Waals surface area contributed by atoms with Gasteiger partial charge in [-0.15, -0.1) is 0 Å². The van der Waals surface area contributed by atoms with Crippen LogP contribution in [0.3, 0.4) is 0 Å². The van der Waals surface area contributed by atoms with E-state index in [9.17, 15) is 18.0 Å². The summed E-state index contributed by atoms with van der Waals surface area (Å²) in [5, 5.41) is 2.60. The average molecular weight is 485 g/mol. The summed E-state index contributed by atoms with van der Waals surface area (Å²) in [6.45, 7) is -0.537. The molecule has 0 unspecified atom stereocenters. The van der Waals surface area contributed by atoms with Gasteiger partial charge in [0.2, 0.25) is 0 Å². The van der Waals surface area contributed by atoms with Crippen molar-refractivity contribution in [3.05, 3.63) is 78.4 Å². The largest absolute Gasteiger partial charge is 0.497 e. The van der Waals surface area contributed by atoms with E-state index in [0.717, 1.165) is 4.31 Å². The van der Waals surface area contributed by atoms with Gasteiger partial charge in [0.05, 0.1) is 36.1 Å². The predicted octanol–water partition coefficient (Wildman–Crippen LogP) is 3.32. The van der Waals surface area contributed by atoms with E-state index in [2.05, 4.69) is 5.32 Å². The van der Waals surface area contributed by atoms with Gasteiger partial charge in [-0.05, 0) is 48.5 Å². The molecule has 0 radical (unpaired) electrons. The molecular weight excluding hydrogens is 460 g/mol. The number of anilines is 2. The maximum atomic E-state index is 12.8. The number of benzene rings is 3. The Morgan fingerprint density at radius 2 is 1.59 bits per heavy atom. The van der Waals surface area contributed by atoms with Crippen LogP contribution in [-0.4, -0.2) is 48.2 Å². The Morgan fingerprint density at radius 1 is 0.912 bits per heavy atom. The first-order valence-electron chi connectivity index (χ1n) is 10.1. The van der Waals surface area contributed by atoms with E-state index in [1.165, 1.54) is 45.5 Å². The number of hydrogen-bond acceptors (Lipinski definition) is 7. The van der Waals surface area contributed by atoms with E-state index in [0.29, 0.717) is 22.9 Å². The highest BCUT2D eigenvalue weighted by Gasteiger charge is 2.22. The lowest BCUT2D eigenvalue weighted by molar-refractivity contribution is -0.119. The lowest BCUT2D eigenvalue weighted by atomic mass is 10.2. The van der Waals surface area contributed by atoms with Gasteiger partial charge in [0.25, 0.3) is 15.9 Å². The molecule has 0 saturated carbocycles. The Morgan fingerprint density at radius 3 is 2.21 bits per heavy atom. The number of esters is 1. The summed E-state index contributed by atoms with van der Waals surface area (Å²) in [6, 6.07) is 18.8. The molecule has 0 aliphatic carbocycles. The summed E-state index contributed by atoms with van der Waals surface area (Å²) in [6.07, 6.45) is 0. The van der Waals surface area contributed by atoms with E-state index in [1.807, 2.05) is 0 Å². The Bertz CT molecular complexity index is 1260. The fourth-order valence-corrected chi connectivity index (χ4v) is 4.20. The normalized spacial score (nSPS) is 10.8. The van der Waals surface area contributed by atoms with Crippen molar-refractivity contribution in [3.63, 3.8) is 0 Å². The van der Waals surface area contributed by atoms with Crippen LogP contribution < -0.4 is 19.1 Å². The van der Waals surface area contributed by atoms with Crippen molar-refractivity contribution in [3.8, 4) is 11.5 Å². The molecule has 0 atom stereocenters. The van der Waals surface area contributed by atoms with E-state index in [1.54, 1.807) is 48.5 Å². The van der Waals surface area contributed by atoms with E-state index in [-0.39, 0.29) is 10.5 Å². The fraction of sp³-hybridized carbons (Fsp3) is 0.167. The van der Waals surface area contributed by atoms with Crippen molar-refractivity contribution < 1.29 is 32.2 Å². The van der Waals surface area contributed by atoms with Gasteiger partial charge in [0, 0.05) is 13.1 Å². The smallest absolute Gasteiger partial charge is 0.338 e. The molecule has 0 spiro atoms. The maximum absolute atomic E-state index is 12.8. The monoisotopic (exact) mass is 484 g/mol. The van der Waals surface area contributed by atoms with Gasteiger partial charge in [0.15, 0.2) is 6.61 Å². The molecule has 1 N–H and O–H groups in total. The van der Waals surface area contributed by atoms with Gasteiger partial charge >= 0.3 is 5.97 Å². The third-order valence-corrected chi connectivity index (χ3v) is 6.69. The number of ether oxygens (including phenoxy) is 3. The summed E-state index contributed by atoms with van der Waals surface area (Å²) >= 11 is 0. The predicted molar refractivity (Wildman–Crippen MR) is 127 cm³/mol. The molecule has 3 aromatic rings. The van der Waals surface area contributed by atoms with Gasteiger partial charge in [0.1, 0.15) is 11.5 Å². The van der Waals surface area contributed by atoms with Crippen LogP contribution in [0, 0.1) is 0 Å². The number of nitrogens with zero attached hydrogens (tertiary/aromatic N) is 1. The van der Waals surface area contributed by atoms with Crippen LogP contribution in [-0.2, 0) is 19.6 Å². The molecule has 178 valence electrons. The first kappa shape index (κ1) is 24.6. The topological polar surface area (TPSA) is 111 Å². The van der Waals surface area contributed by atoms with E-state index < -0.39 is 28.5 Å². The number of rotatable bonds is 9. The molecule has 0 bridgehead atoms. The summed E-state index contributed by atoms with van der Waals surface area (Å²) in [4.78, 5) is 24.5. The lowest BCUT2D eigenvalue weighted by Gasteiger charge is -2.19. The molecule has 0 saturated heterocycles. The van der Waals surface area contributed by atoms with Crippen molar-refractivity contribution in [2.45, 2.75) is 4.90 Å². The number of carbonyl (C=O) groups excluding carboxylic acids is 2. The highest BCUT2D eigenvalue weighted by Crippen LogP contribution is 2.29. The standard InChI is InChI=1S/C24H24N2O7S/c1-26(18-7-5-4-6-8-18)34(29,30)20-12-9-17(10-13-20)24(28)33-16-23(27)25-21-14-11-19(31-2)15-22(21)32-3/h4-15H,16H2,1-3H3,(H,25,27). The zero-order chi connectivity index (χ0) is 24.7. The van der Waals surface area contributed by atoms with Gasteiger partial charge in [-0.25, -0.2) is 13.2 Å². The molecule has 0 aliphatic rings. The molecular formula is C24H24N2O7S. The summed E-state index contributed by atoms with van der Waals surface area (Å²) in [5.41, 5.74) is 1.00. The van der Waals surface area contributed by atoms with Gasteiger partial charge < -0.3 is 19.5 Å². The molecule has 1 amide bonds. The minimum atomic E-state index is -3.81. The third-order valence-electron chi connectivity index (χ3n) is 4.89. The SMILES string of the molecule is COc1ccc(NC(=O)COC(=O)c2ccc(S(=O)(=O)N(C)c3ccccc3)cc2)c(OC)c1. The molecule has 10 heteroatoms. The second-order valence-corrected chi connectivity index (χ2v) is 8.99. The molecule has 9 nitrogen and oxygen atoms in total. The number of amides is 1. The summed E-state index contributed by atoms with van der Waals surface area (Å²) in [5.74, 6) is -0.393. The quantitative estimate of drug-likeness (QED) is 0.464. The van der Waals surface area contributed by atoms with Crippen LogP contribution in [0.2, 0.25) is 0 Å². The highest BCUT2D eigenvalue weighted by atomic mass is 32.2. The lowest BCUT2D eigenvalue weighted by Crippen LogP contribution is -2.26. The highest BCUT2D eigenvalue weighted by molar-refractivity contribution is 7.92. The van der Waals surface area contributed by atoms with Gasteiger partial charge in [-0.3, -0.25) is 9.10 Å². The Kier molecular flexibility index (Phi) is 7.75. The van der Waals surface area contributed by atoms with Crippen LogP contribution >= 0.6 is 0 Å². The van der Waals surface area contributed by atoms with Crippen molar-refractivity contribution in [2.24, 2.45) is 0 Å². The molecule has 3 rings (SSSR count). The zero-order valence-electron chi connectivity index (χ0n) is 18.8. The van der Waals surface area contributed by atoms with Crippen LogP contribution in [0.4, 0.5) is 11.4 Å². The minimum Gasteiger partial charge on any atom is -0.497 e. The van der Waals surface area contributed by atoms with Crippen molar-refractivity contribution in [2.75, 3.05) is 37.5 Å². The maximum Gasteiger partial charge on any atom is 0.338 e. The number of methoxy groups -OCH3 is 2. The minimum absolute atomic E-state index is 0.0137. The van der Waals surface area contributed by atoms with Gasteiger partial charge in [-0.2, -0.15) is 0 Å². The Hall–Kier alpha value is -4.05. The third kappa shape index (κ3) is 5.65. The molecule has 0 aliphatic heterocycles. The summed E-state index contributed by atoms with van der Waals surface area (Å²) in [7, 11) is 0.598. The molecule has 0 fully saturated rings. The first-order chi connectivity index (χ1) is 16.3. The molecule has 34 heavy (non-hydrogen) atoms. The van der Waals surface area contributed by atoms with Gasteiger partial charge in [-0.1, -0.05) is 18.2 Å². The van der Waals surface area contributed by atoms with Crippen molar-refractivity contribution in [1.29, 1.82) is 0 Å². The Balaban J connectivity index is 1.61. The van der Waals surface area contributed by atoms with Crippen LogP contribution in [0.25, 0.3) is 0 Å². The molecule has 0 aromatic heterocycles. The average Bonchev–Trinajstić information content (AvgIpc) is 2.87. The summed E-state index contributed by atoms with van der Waals surface area (Å²) < 4.78 is 42.2. The zero-order valence-corrected chi connectivity index (χ0v) is 19.7. The van der Waals surface area contributed by atoms with E-state index >= 15 is 0 Å². The first-order valence-corrected chi connectivity index (χ1v) is 11.5. The Labute approximate surface area is 197 Å². The number of para-hydroxylation sites is 1. The molecule has 0 heterocycles. The van der Waals surface area contributed by atoms with Crippen LogP contribution in [0.5, 0.6) is 11.5 Å². The van der Waals surface area contributed by atoms with Crippen LogP contribution in [0.15, 0.2) is 77.7 Å². The van der Waals surface area contributed by atoms with Crippen LogP contribution in [0.1, 0.15) is 10.4 Å². The number of nitrogens with one attached hydrogen (secondary N) is 1. The van der Waals surface area contributed by atoms with Crippen molar-refractivity contribution in [1.82, 2.24) is 0 Å². The number of carbonyl (C=O) groups is 2. The number of hydrogen-bond donors (Lipinski definition) is 1. The number of sulfonamides is 1. The molecule has 3 aromatic carbocycles. The second-order valence-electron chi connectivity index (χ2n) is 7.02. The second kappa shape index (κ2) is 10.7. The van der Waals surface area contributed by atoms with E-state index in [4.69, 9.17) is 14.2 Å². The van der Waals surface area contributed by atoms with Crippen molar-refractivity contribution >= 4 is 33.3 Å². The fourth-order valence-electron chi connectivity index (χ4n) is 3.00.